The van der Waals surface area contributed by atoms with Gasteiger partial charge < -0.3 is 4.84 Å². The number of hydrogen-bond donors (Lipinski definition) is 0. The van der Waals surface area contributed by atoms with Gasteiger partial charge in [-0.2, -0.15) is 0 Å². The molecule has 0 saturated carbocycles. The molecule has 2 nitrogen and oxygen atoms in total. The molecular formula is C16H12BrNO. The second-order valence-corrected chi connectivity index (χ2v) is 4.66. The Labute approximate surface area is 121 Å². The third-order valence-corrected chi connectivity index (χ3v) is 2.93. The first-order valence-corrected chi connectivity index (χ1v) is 6.53. The van der Waals surface area contributed by atoms with E-state index in [0.717, 1.165) is 15.6 Å². The van der Waals surface area contributed by atoms with Gasteiger partial charge in [0.2, 0.25) is 0 Å². The molecule has 0 N–H and O–H groups in total. The van der Waals surface area contributed by atoms with Crippen LogP contribution in [0.3, 0.4) is 0 Å². The van der Waals surface area contributed by atoms with Gasteiger partial charge in [-0.25, -0.2) is 0 Å². The van der Waals surface area contributed by atoms with Crippen LogP contribution >= 0.6 is 15.9 Å². The summed E-state index contributed by atoms with van der Waals surface area (Å²) < 4.78 is 1.03. The lowest BCUT2D eigenvalue weighted by Gasteiger charge is -1.97. The summed E-state index contributed by atoms with van der Waals surface area (Å²) in [4.78, 5) is 4.84. The van der Waals surface area contributed by atoms with Gasteiger partial charge >= 0.3 is 0 Å². The Morgan fingerprint density at radius 1 is 1.05 bits per heavy atom. The summed E-state index contributed by atoms with van der Waals surface area (Å²) in [5.74, 6) is 6.11. The van der Waals surface area contributed by atoms with Crippen molar-refractivity contribution >= 4 is 21.6 Å². The van der Waals surface area contributed by atoms with Gasteiger partial charge in [0.25, 0.3) is 0 Å². The monoisotopic (exact) mass is 313 g/mol. The fraction of sp³-hybridized carbons (Fsp3) is 0.0625. The maximum Gasteiger partial charge on any atom is 0.160 e. The largest absolute Gasteiger partial charge is 0.398 e. The summed E-state index contributed by atoms with van der Waals surface area (Å²) in [7, 11) is 1.52. The lowest BCUT2D eigenvalue weighted by Crippen LogP contribution is -1.97. The Bertz CT molecular complexity index is 621. The highest BCUT2D eigenvalue weighted by Gasteiger charge is 1.99. The van der Waals surface area contributed by atoms with E-state index < -0.39 is 0 Å². The number of halogens is 1. The normalized spacial score (nSPS) is 10.5. The first-order valence-electron chi connectivity index (χ1n) is 5.74. The Morgan fingerprint density at radius 2 is 1.74 bits per heavy atom. The number of oxime groups is 1. The molecule has 2 rings (SSSR count). The predicted octanol–water partition coefficient (Wildman–Crippen LogP) is 3.85. The summed E-state index contributed by atoms with van der Waals surface area (Å²) in [6.07, 6.45) is 0. The molecule has 2 aromatic carbocycles. The Kier molecular flexibility index (Phi) is 4.77. The molecule has 0 radical (unpaired) electrons. The lowest BCUT2D eigenvalue weighted by molar-refractivity contribution is 0.214. The van der Waals surface area contributed by atoms with Crippen molar-refractivity contribution in [3.63, 3.8) is 0 Å². The van der Waals surface area contributed by atoms with E-state index in [4.69, 9.17) is 4.84 Å². The van der Waals surface area contributed by atoms with Crippen molar-refractivity contribution in [3.05, 3.63) is 70.2 Å². The van der Waals surface area contributed by atoms with Crippen LogP contribution in [0.15, 0.2) is 64.2 Å². The van der Waals surface area contributed by atoms with E-state index in [1.54, 1.807) is 0 Å². The van der Waals surface area contributed by atoms with Crippen molar-refractivity contribution in [2.75, 3.05) is 7.11 Å². The maximum absolute atomic E-state index is 4.84. The molecular weight excluding hydrogens is 302 g/mol. The molecule has 0 aliphatic rings. The average Bonchev–Trinajstić information content (AvgIpc) is 2.46. The Hall–Kier alpha value is -2.05. The van der Waals surface area contributed by atoms with Gasteiger partial charge in [0.15, 0.2) is 5.71 Å². The standard InChI is InChI=1S/C16H12BrNO/c1-19-18-16(14-5-3-2-4-6-14)12-9-13-7-10-15(17)11-8-13/h2-8,10-11H,1H3/b18-16+. The molecule has 2 aromatic rings. The van der Waals surface area contributed by atoms with Crippen LogP contribution in [0.1, 0.15) is 11.1 Å². The summed E-state index contributed by atoms with van der Waals surface area (Å²) in [6, 6.07) is 17.6. The highest BCUT2D eigenvalue weighted by Crippen LogP contribution is 2.09. The highest BCUT2D eigenvalue weighted by molar-refractivity contribution is 9.10. The number of hydrogen-bond acceptors (Lipinski definition) is 2. The average molecular weight is 314 g/mol. The minimum atomic E-state index is 0.617. The first-order chi connectivity index (χ1) is 9.29. The molecule has 0 bridgehead atoms. The Balaban J connectivity index is 2.29. The van der Waals surface area contributed by atoms with Crippen LogP contribution in [0.25, 0.3) is 0 Å². The molecule has 0 amide bonds. The van der Waals surface area contributed by atoms with Gasteiger partial charge in [-0.1, -0.05) is 57.3 Å². The molecule has 0 aromatic heterocycles. The zero-order chi connectivity index (χ0) is 13.5. The van der Waals surface area contributed by atoms with Crippen LogP contribution < -0.4 is 0 Å². The van der Waals surface area contributed by atoms with E-state index >= 15 is 0 Å². The van der Waals surface area contributed by atoms with Gasteiger partial charge in [-0.15, -0.1) is 0 Å². The van der Waals surface area contributed by atoms with E-state index in [0.29, 0.717) is 5.71 Å². The van der Waals surface area contributed by atoms with Crippen molar-refractivity contribution in [1.29, 1.82) is 0 Å². The van der Waals surface area contributed by atoms with E-state index in [2.05, 4.69) is 32.9 Å². The third-order valence-electron chi connectivity index (χ3n) is 2.40. The number of nitrogens with zero attached hydrogens (tertiary/aromatic N) is 1. The van der Waals surface area contributed by atoms with Crippen LogP contribution in [0, 0.1) is 11.8 Å². The highest BCUT2D eigenvalue weighted by atomic mass is 79.9. The van der Waals surface area contributed by atoms with Crippen LogP contribution in [0.5, 0.6) is 0 Å². The van der Waals surface area contributed by atoms with Gasteiger partial charge in [-0.05, 0) is 30.2 Å². The SMILES string of the molecule is CO/N=C(\C#Cc1ccc(Br)cc1)c1ccccc1. The van der Waals surface area contributed by atoms with Gasteiger partial charge in [0.05, 0.1) is 0 Å². The first kappa shape index (κ1) is 13.4. The van der Waals surface area contributed by atoms with Gasteiger partial charge in [0.1, 0.15) is 7.11 Å². The van der Waals surface area contributed by atoms with Crippen molar-refractivity contribution in [3.8, 4) is 11.8 Å². The topological polar surface area (TPSA) is 21.6 Å². The van der Waals surface area contributed by atoms with Crippen molar-refractivity contribution < 1.29 is 4.84 Å². The lowest BCUT2D eigenvalue weighted by atomic mass is 10.1. The van der Waals surface area contributed by atoms with Crippen molar-refractivity contribution in [2.24, 2.45) is 5.16 Å². The summed E-state index contributed by atoms with van der Waals surface area (Å²) in [6.45, 7) is 0. The minimum absolute atomic E-state index is 0.617. The maximum atomic E-state index is 4.84. The van der Waals surface area contributed by atoms with Crippen LogP contribution in [0.4, 0.5) is 0 Å². The quantitative estimate of drug-likeness (QED) is 0.469. The van der Waals surface area contributed by atoms with Gasteiger partial charge in [-0.3, -0.25) is 0 Å². The molecule has 94 valence electrons. The zero-order valence-electron chi connectivity index (χ0n) is 10.4. The Morgan fingerprint density at radius 3 is 2.37 bits per heavy atom. The molecule has 0 aliphatic heterocycles. The third kappa shape index (κ3) is 3.97. The molecule has 3 heteroatoms. The van der Waals surface area contributed by atoms with Crippen LogP contribution in [-0.4, -0.2) is 12.8 Å². The summed E-state index contributed by atoms with van der Waals surface area (Å²) in [5, 5.41) is 3.96. The van der Waals surface area contributed by atoms with Crippen molar-refractivity contribution in [2.45, 2.75) is 0 Å². The number of benzene rings is 2. The number of rotatable bonds is 2. The molecule has 0 saturated heterocycles. The summed E-state index contributed by atoms with van der Waals surface area (Å²) in [5.41, 5.74) is 2.49. The molecule has 0 fully saturated rings. The fourth-order valence-electron chi connectivity index (χ4n) is 1.50. The fourth-order valence-corrected chi connectivity index (χ4v) is 1.76. The molecule has 0 spiro atoms. The van der Waals surface area contributed by atoms with Crippen molar-refractivity contribution in [1.82, 2.24) is 0 Å². The van der Waals surface area contributed by atoms with Crippen LogP contribution in [-0.2, 0) is 4.84 Å². The zero-order valence-corrected chi connectivity index (χ0v) is 12.0. The van der Waals surface area contributed by atoms with Crippen LogP contribution in [0.2, 0.25) is 0 Å². The van der Waals surface area contributed by atoms with E-state index in [1.165, 1.54) is 7.11 Å². The molecule has 0 atom stereocenters. The molecule has 19 heavy (non-hydrogen) atoms. The van der Waals surface area contributed by atoms with Gasteiger partial charge in [0, 0.05) is 15.6 Å². The molecule has 0 aliphatic carbocycles. The molecule has 0 heterocycles. The summed E-state index contributed by atoms with van der Waals surface area (Å²) >= 11 is 3.40. The van der Waals surface area contributed by atoms with E-state index in [-0.39, 0.29) is 0 Å². The minimum Gasteiger partial charge on any atom is -0.398 e. The second kappa shape index (κ2) is 6.77. The second-order valence-electron chi connectivity index (χ2n) is 3.75. The smallest absolute Gasteiger partial charge is 0.160 e. The predicted molar refractivity (Wildman–Crippen MR) is 81.0 cm³/mol. The van der Waals surface area contributed by atoms with E-state index in [9.17, 15) is 0 Å². The molecule has 0 unspecified atom stereocenters. The van der Waals surface area contributed by atoms with E-state index in [1.807, 2.05) is 54.6 Å².